The van der Waals surface area contributed by atoms with E-state index in [1.165, 1.54) is 16.2 Å². The molecule has 1 aromatic carbocycles. The molecule has 3 amide bonds. The number of nitrogens with two attached hydrogens (primary N) is 2. The number of nitrogens with one attached hydrogen (secondary N) is 1. The molecule has 0 aliphatic rings. The van der Waals surface area contributed by atoms with Crippen molar-refractivity contribution >= 4 is 46.3 Å². The number of anilines is 1. The van der Waals surface area contributed by atoms with Crippen LogP contribution in [0.4, 0.5) is 5.69 Å². The molecule has 0 radical (unpaired) electrons. The Labute approximate surface area is 221 Å². The van der Waals surface area contributed by atoms with Gasteiger partial charge in [-0.25, -0.2) is 0 Å². The highest BCUT2D eigenvalue weighted by molar-refractivity contribution is 7.10. The number of thiophene rings is 1. The Balaban J connectivity index is 1.70. The second-order valence-electron chi connectivity index (χ2n) is 8.07. The molecule has 3 aromatic heterocycles. The number of aryl methyl sites for hydroxylation is 1. The molecule has 0 fully saturated rings. The largest absolute Gasteiger partial charge is 0.497 e. The Morgan fingerprint density at radius 1 is 1.16 bits per heavy atom. The van der Waals surface area contributed by atoms with Crippen LogP contribution in [0.2, 0.25) is 0 Å². The average Bonchev–Trinajstić information content (AvgIpc) is 3.64. The summed E-state index contributed by atoms with van der Waals surface area (Å²) in [5.74, 6) is -0.298. The number of carbonyl (C=O) groups excluding carboxylic acids is 3. The van der Waals surface area contributed by atoms with Crippen molar-refractivity contribution < 1.29 is 23.5 Å². The molecular formula is C25H25N5O5S2. The third-order valence-electron chi connectivity index (χ3n) is 5.54. The summed E-state index contributed by atoms with van der Waals surface area (Å²) in [6.45, 7) is 2.07. The predicted molar refractivity (Wildman–Crippen MR) is 140 cm³/mol. The van der Waals surface area contributed by atoms with Crippen molar-refractivity contribution in [3.05, 3.63) is 86.4 Å². The topological polar surface area (TPSA) is 154 Å². The minimum Gasteiger partial charge on any atom is -0.497 e. The van der Waals surface area contributed by atoms with Gasteiger partial charge in [-0.15, -0.1) is 11.3 Å². The third kappa shape index (κ3) is 5.81. The number of nitrogens with zero attached hydrogens (tertiary/aromatic N) is 2. The molecule has 0 aliphatic heterocycles. The number of primary amides is 1. The van der Waals surface area contributed by atoms with Gasteiger partial charge in [0.05, 0.1) is 19.3 Å². The van der Waals surface area contributed by atoms with Gasteiger partial charge in [-0.3, -0.25) is 14.4 Å². The van der Waals surface area contributed by atoms with Crippen LogP contribution in [-0.2, 0) is 17.9 Å². The molecule has 3 heterocycles. The number of amides is 3. The minimum atomic E-state index is -1.12. The first-order valence-electron chi connectivity index (χ1n) is 11.1. The zero-order valence-corrected chi connectivity index (χ0v) is 21.7. The van der Waals surface area contributed by atoms with Crippen molar-refractivity contribution in [1.82, 2.24) is 14.6 Å². The van der Waals surface area contributed by atoms with Gasteiger partial charge in [-0.2, -0.15) is 4.37 Å². The lowest BCUT2D eigenvalue weighted by atomic mass is 10.1. The Kier molecular flexibility index (Phi) is 7.89. The fourth-order valence-corrected chi connectivity index (χ4v) is 5.13. The van der Waals surface area contributed by atoms with E-state index < -0.39 is 23.8 Å². The van der Waals surface area contributed by atoms with E-state index in [4.69, 9.17) is 20.6 Å². The van der Waals surface area contributed by atoms with Gasteiger partial charge < -0.3 is 30.8 Å². The molecule has 0 saturated heterocycles. The van der Waals surface area contributed by atoms with E-state index in [-0.39, 0.29) is 35.1 Å². The van der Waals surface area contributed by atoms with Gasteiger partial charge in [0.1, 0.15) is 22.1 Å². The van der Waals surface area contributed by atoms with Crippen molar-refractivity contribution in [1.29, 1.82) is 0 Å². The summed E-state index contributed by atoms with van der Waals surface area (Å²) in [5.41, 5.74) is 11.9. The number of methoxy groups -OCH3 is 1. The van der Waals surface area contributed by atoms with Crippen molar-refractivity contribution in [2.45, 2.75) is 26.1 Å². The SMILES string of the molecule is COc1ccc(CNC(=O)[C@@H](c2ccc(C)o2)N(Cc2cccs2)C(=O)c2snc(C(N)=O)c2N)cc1. The van der Waals surface area contributed by atoms with Crippen LogP contribution in [0.25, 0.3) is 0 Å². The van der Waals surface area contributed by atoms with E-state index >= 15 is 0 Å². The number of carbonyl (C=O) groups is 3. The zero-order chi connectivity index (χ0) is 26.5. The summed E-state index contributed by atoms with van der Waals surface area (Å²) < 4.78 is 15.0. The summed E-state index contributed by atoms with van der Waals surface area (Å²) >= 11 is 2.19. The molecule has 12 heteroatoms. The number of nitrogen functional groups attached to an aromatic ring is 1. The maximum absolute atomic E-state index is 13.8. The summed E-state index contributed by atoms with van der Waals surface area (Å²) in [6, 6.07) is 13.2. The van der Waals surface area contributed by atoms with Crippen molar-refractivity contribution in [2.24, 2.45) is 5.73 Å². The molecule has 4 rings (SSSR count). The Hall–Kier alpha value is -4.16. The zero-order valence-electron chi connectivity index (χ0n) is 20.1. The number of rotatable bonds is 10. The molecule has 192 valence electrons. The van der Waals surface area contributed by atoms with Gasteiger partial charge >= 0.3 is 0 Å². The van der Waals surface area contributed by atoms with Crippen molar-refractivity contribution in [2.75, 3.05) is 12.8 Å². The first-order valence-corrected chi connectivity index (χ1v) is 12.8. The Morgan fingerprint density at radius 2 is 1.92 bits per heavy atom. The lowest BCUT2D eigenvalue weighted by Crippen LogP contribution is -2.43. The lowest BCUT2D eigenvalue weighted by molar-refractivity contribution is -0.126. The Morgan fingerprint density at radius 3 is 2.49 bits per heavy atom. The maximum Gasteiger partial charge on any atom is 0.270 e. The van der Waals surface area contributed by atoms with Crippen LogP contribution in [0.5, 0.6) is 5.75 Å². The van der Waals surface area contributed by atoms with Gasteiger partial charge in [0.2, 0.25) is 0 Å². The quantitative estimate of drug-likeness (QED) is 0.279. The molecule has 0 saturated carbocycles. The van der Waals surface area contributed by atoms with Crippen LogP contribution in [0, 0.1) is 6.92 Å². The molecule has 0 aliphatic carbocycles. The molecule has 10 nitrogen and oxygen atoms in total. The number of benzene rings is 1. The number of hydrogen-bond donors (Lipinski definition) is 3. The average molecular weight is 540 g/mol. The highest BCUT2D eigenvalue weighted by Crippen LogP contribution is 2.31. The first-order chi connectivity index (χ1) is 17.8. The number of furan rings is 1. The maximum atomic E-state index is 13.8. The number of hydrogen-bond acceptors (Lipinski definition) is 9. The van der Waals surface area contributed by atoms with E-state index in [9.17, 15) is 14.4 Å². The molecule has 0 unspecified atom stereocenters. The van der Waals surface area contributed by atoms with Crippen LogP contribution in [0.1, 0.15) is 48.2 Å². The van der Waals surface area contributed by atoms with Crippen LogP contribution in [0.15, 0.2) is 58.3 Å². The van der Waals surface area contributed by atoms with Crippen LogP contribution in [-0.4, -0.2) is 34.1 Å². The highest BCUT2D eigenvalue weighted by atomic mass is 32.1. The summed E-state index contributed by atoms with van der Waals surface area (Å²) in [4.78, 5) is 41.4. The monoisotopic (exact) mass is 539 g/mol. The first kappa shape index (κ1) is 25.9. The fraction of sp³-hybridized carbons (Fsp3) is 0.200. The standard InChI is InChI=1S/C25H25N5O5S2/c1-14-5-10-18(35-14)21(24(32)28-12-15-6-8-16(34-2)9-7-15)30(13-17-4-3-11-36-17)25(33)22-19(26)20(23(27)31)29-37-22/h3-11,21H,12-13,26H2,1-2H3,(H2,27,31)(H,28,32)/t21-/m1/s1. The minimum absolute atomic E-state index is 0.0154. The molecule has 1 atom stereocenters. The van der Waals surface area contributed by atoms with E-state index in [1.54, 1.807) is 38.3 Å². The van der Waals surface area contributed by atoms with Gasteiger partial charge in [0.15, 0.2) is 11.7 Å². The van der Waals surface area contributed by atoms with E-state index in [1.807, 2.05) is 29.6 Å². The molecule has 37 heavy (non-hydrogen) atoms. The summed E-state index contributed by atoms with van der Waals surface area (Å²) in [5, 5.41) is 4.78. The van der Waals surface area contributed by atoms with Gasteiger partial charge in [0.25, 0.3) is 17.7 Å². The van der Waals surface area contributed by atoms with Gasteiger partial charge in [-0.1, -0.05) is 18.2 Å². The highest BCUT2D eigenvalue weighted by Gasteiger charge is 2.37. The second-order valence-corrected chi connectivity index (χ2v) is 9.87. The van der Waals surface area contributed by atoms with Crippen LogP contribution >= 0.6 is 22.9 Å². The normalized spacial score (nSPS) is 11.6. The van der Waals surface area contributed by atoms with Crippen LogP contribution < -0.4 is 21.5 Å². The van der Waals surface area contributed by atoms with E-state index in [2.05, 4.69) is 9.69 Å². The van der Waals surface area contributed by atoms with Gasteiger partial charge in [-0.05, 0) is 59.7 Å². The summed E-state index contributed by atoms with van der Waals surface area (Å²) in [7, 11) is 1.58. The van der Waals surface area contributed by atoms with Crippen molar-refractivity contribution in [3.63, 3.8) is 0 Å². The molecule has 0 bridgehead atoms. The third-order valence-corrected chi connectivity index (χ3v) is 7.25. The predicted octanol–water partition coefficient (Wildman–Crippen LogP) is 3.50. The van der Waals surface area contributed by atoms with Crippen LogP contribution in [0.3, 0.4) is 0 Å². The smallest absolute Gasteiger partial charge is 0.270 e. The Bertz CT molecular complexity index is 1400. The molecular weight excluding hydrogens is 514 g/mol. The summed E-state index contributed by atoms with van der Waals surface area (Å²) in [6.07, 6.45) is 0. The fourth-order valence-electron chi connectivity index (χ4n) is 3.66. The molecule has 4 aromatic rings. The van der Waals surface area contributed by atoms with E-state index in [0.717, 1.165) is 22.0 Å². The van der Waals surface area contributed by atoms with E-state index in [0.29, 0.717) is 11.5 Å². The van der Waals surface area contributed by atoms with Gasteiger partial charge in [0, 0.05) is 11.4 Å². The molecule has 0 spiro atoms. The molecule has 5 N–H and O–H groups in total. The number of ether oxygens (including phenoxy) is 1. The lowest BCUT2D eigenvalue weighted by Gasteiger charge is -2.29. The van der Waals surface area contributed by atoms with Crippen molar-refractivity contribution in [3.8, 4) is 5.75 Å². The number of aromatic nitrogens is 1. The second kappa shape index (κ2) is 11.3.